The van der Waals surface area contributed by atoms with Gasteiger partial charge in [0.1, 0.15) is 5.71 Å². The van der Waals surface area contributed by atoms with Gasteiger partial charge in [0.15, 0.2) is 9.84 Å². The van der Waals surface area contributed by atoms with Gasteiger partial charge in [0.25, 0.3) is 0 Å². The molecule has 7 rings (SSSR count). The Labute approximate surface area is 182 Å². The minimum absolute atomic E-state index is 0.00487. The van der Waals surface area contributed by atoms with Crippen molar-refractivity contribution >= 4 is 15.5 Å². The lowest BCUT2D eigenvalue weighted by Crippen LogP contribution is -2.56. The molecule has 2 bridgehead atoms. The van der Waals surface area contributed by atoms with E-state index in [0.29, 0.717) is 47.6 Å². The van der Waals surface area contributed by atoms with Gasteiger partial charge in [-0.15, -0.1) is 0 Å². The molecule has 1 spiro atoms. The van der Waals surface area contributed by atoms with E-state index in [-0.39, 0.29) is 23.3 Å². The van der Waals surface area contributed by atoms with Gasteiger partial charge in [-0.2, -0.15) is 13.2 Å². The van der Waals surface area contributed by atoms with Crippen molar-refractivity contribution in [1.29, 1.82) is 0 Å². The van der Waals surface area contributed by atoms with Gasteiger partial charge in [-0.1, -0.05) is 19.4 Å². The van der Waals surface area contributed by atoms with Crippen LogP contribution < -0.4 is 0 Å². The number of piperidine rings is 1. The summed E-state index contributed by atoms with van der Waals surface area (Å²) >= 11 is 0. The van der Waals surface area contributed by atoms with Crippen molar-refractivity contribution in [2.75, 3.05) is 31.1 Å². The first-order valence-corrected chi connectivity index (χ1v) is 13.6. The predicted octanol–water partition coefficient (Wildman–Crippen LogP) is 3.74. The molecule has 7 aliphatic rings. The largest absolute Gasteiger partial charge is 0.432 e. The van der Waals surface area contributed by atoms with Crippen molar-refractivity contribution in [3.63, 3.8) is 0 Å². The molecule has 4 saturated carbocycles. The molecule has 4 nitrogen and oxygen atoms in total. The molecule has 2 saturated heterocycles. The van der Waals surface area contributed by atoms with Crippen molar-refractivity contribution in [3.8, 4) is 0 Å². The van der Waals surface area contributed by atoms with E-state index in [1.807, 2.05) is 0 Å². The third-order valence-electron chi connectivity index (χ3n) is 9.62. The highest BCUT2D eigenvalue weighted by Crippen LogP contribution is 2.95. The highest BCUT2D eigenvalue weighted by atomic mass is 32.2. The van der Waals surface area contributed by atoms with E-state index in [0.717, 1.165) is 37.9 Å². The number of fused-ring (bicyclic) bond motifs is 1. The molecule has 0 N–H and O–H groups in total. The fourth-order valence-corrected chi connectivity index (χ4v) is 10.6. The summed E-state index contributed by atoms with van der Waals surface area (Å²) in [5.74, 6) is 2.80. The molecule has 0 aromatic rings. The van der Waals surface area contributed by atoms with Crippen LogP contribution in [0, 0.1) is 40.4 Å². The molecule has 0 radical (unpaired) electrons. The Morgan fingerprint density at radius 2 is 1.84 bits per heavy atom. The van der Waals surface area contributed by atoms with Gasteiger partial charge < -0.3 is 4.90 Å². The maximum atomic E-state index is 13.6. The fraction of sp³-hybridized carbons (Fsp3) is 0.870. The lowest BCUT2D eigenvalue weighted by Gasteiger charge is -2.48. The number of allylic oxidation sites excluding steroid dienone is 2. The lowest BCUT2D eigenvalue weighted by molar-refractivity contribution is -0.0578. The van der Waals surface area contributed by atoms with Crippen LogP contribution in [-0.4, -0.2) is 62.4 Å². The van der Waals surface area contributed by atoms with Crippen LogP contribution in [0.4, 0.5) is 13.2 Å². The maximum absolute atomic E-state index is 13.6. The minimum atomic E-state index is -4.38. The topological polar surface area (TPSA) is 49.7 Å². The van der Waals surface area contributed by atoms with Crippen LogP contribution in [0.3, 0.4) is 0 Å². The average Bonchev–Trinajstić information content (AvgIpc) is 3.42. The van der Waals surface area contributed by atoms with Gasteiger partial charge in [0.05, 0.1) is 11.5 Å². The van der Waals surface area contributed by atoms with Crippen LogP contribution in [0.1, 0.15) is 39.5 Å². The third-order valence-corrected chi connectivity index (χ3v) is 11.7. The molecule has 3 aliphatic heterocycles. The zero-order valence-corrected chi connectivity index (χ0v) is 19.0. The normalized spacial score (nSPS) is 44.9. The summed E-state index contributed by atoms with van der Waals surface area (Å²) in [5.41, 5.74) is 0.383. The molecule has 6 fully saturated rings. The Kier molecular flexibility index (Phi) is 4.11. The first-order valence-electron chi connectivity index (χ1n) is 11.8. The predicted molar refractivity (Wildman–Crippen MR) is 113 cm³/mol. The summed E-state index contributed by atoms with van der Waals surface area (Å²) in [4.78, 5) is 6.46. The highest BCUT2D eigenvalue weighted by Gasteiger charge is 2.93. The molecule has 4 aliphatic carbocycles. The zero-order chi connectivity index (χ0) is 22.0. The second-order valence-corrected chi connectivity index (χ2v) is 13.5. The molecule has 0 aromatic heterocycles. The summed E-state index contributed by atoms with van der Waals surface area (Å²) in [6.07, 6.45) is 0.761. The first kappa shape index (κ1) is 20.7. The number of alkyl halides is 3. The molecular weight excluding hydrogens is 425 g/mol. The Hall–Kier alpha value is -0.890. The van der Waals surface area contributed by atoms with Crippen LogP contribution in [0.2, 0.25) is 0 Å². The van der Waals surface area contributed by atoms with E-state index in [9.17, 15) is 21.6 Å². The van der Waals surface area contributed by atoms with Gasteiger partial charge in [-0.3, -0.25) is 4.99 Å². The van der Waals surface area contributed by atoms with Crippen molar-refractivity contribution in [2.24, 2.45) is 45.4 Å². The van der Waals surface area contributed by atoms with Crippen LogP contribution in [0.5, 0.6) is 0 Å². The molecule has 3 heterocycles. The summed E-state index contributed by atoms with van der Waals surface area (Å²) in [6, 6.07) is 0.465. The number of hydrogen-bond acceptors (Lipinski definition) is 4. The summed E-state index contributed by atoms with van der Waals surface area (Å²) < 4.78 is 64.0. The molecule has 8 heteroatoms. The molecule has 6 atom stereocenters. The number of halogens is 3. The van der Waals surface area contributed by atoms with Crippen molar-refractivity contribution in [3.05, 3.63) is 11.6 Å². The quantitative estimate of drug-likeness (QED) is 0.650. The molecular formula is C23H31F3N2O2S. The third kappa shape index (κ3) is 2.82. The highest BCUT2D eigenvalue weighted by molar-refractivity contribution is 7.92. The van der Waals surface area contributed by atoms with Crippen LogP contribution in [-0.2, 0) is 9.84 Å². The smallest absolute Gasteiger partial charge is 0.300 e. The number of sulfone groups is 1. The standard InChI is InChI=1S/C23H31F3N2O2S/c1-13(2)14-3-6-27-18(23(24,25)26)10-15(14)22-16-9-17(20(22)19(16)22)28-7-4-21(5-8-28)11-31(29,30)12-21/h10,13-14,16-17,19-20H,3-9,11-12H2,1-2H3/t14?,16-,17-,19-,20?,22+/m1/s1. The van der Waals surface area contributed by atoms with E-state index in [1.165, 1.54) is 6.08 Å². The van der Waals surface area contributed by atoms with Gasteiger partial charge >= 0.3 is 6.18 Å². The first-order chi connectivity index (χ1) is 14.5. The Morgan fingerprint density at radius 3 is 2.39 bits per heavy atom. The Bertz CT molecular complexity index is 957. The monoisotopic (exact) mass is 456 g/mol. The van der Waals surface area contributed by atoms with E-state index in [1.54, 1.807) is 0 Å². The van der Waals surface area contributed by atoms with E-state index in [4.69, 9.17) is 0 Å². The van der Waals surface area contributed by atoms with E-state index >= 15 is 0 Å². The van der Waals surface area contributed by atoms with Gasteiger partial charge in [-0.05, 0) is 74.4 Å². The summed E-state index contributed by atoms with van der Waals surface area (Å²) in [7, 11) is -2.81. The van der Waals surface area contributed by atoms with Crippen molar-refractivity contribution in [2.45, 2.75) is 51.7 Å². The lowest BCUT2D eigenvalue weighted by atomic mass is 9.78. The van der Waals surface area contributed by atoms with Crippen LogP contribution >= 0.6 is 0 Å². The summed E-state index contributed by atoms with van der Waals surface area (Å²) in [6.45, 7) is 6.39. The fourth-order valence-electron chi connectivity index (χ4n) is 8.24. The molecule has 172 valence electrons. The number of aliphatic imine (C=N–C) groups is 1. The van der Waals surface area contributed by atoms with Gasteiger partial charge in [-0.25, -0.2) is 8.42 Å². The molecule has 0 aromatic carbocycles. The van der Waals surface area contributed by atoms with E-state index < -0.39 is 21.7 Å². The zero-order valence-electron chi connectivity index (χ0n) is 18.2. The Balaban J connectivity index is 1.21. The molecule has 2 unspecified atom stereocenters. The van der Waals surface area contributed by atoms with E-state index in [2.05, 4.69) is 23.7 Å². The minimum Gasteiger partial charge on any atom is -0.300 e. The van der Waals surface area contributed by atoms with Crippen LogP contribution in [0.25, 0.3) is 0 Å². The second-order valence-electron chi connectivity index (χ2n) is 11.5. The van der Waals surface area contributed by atoms with Crippen molar-refractivity contribution < 1.29 is 21.6 Å². The van der Waals surface area contributed by atoms with Gasteiger partial charge in [0, 0.05) is 23.4 Å². The molecule has 31 heavy (non-hydrogen) atoms. The summed E-state index contributed by atoms with van der Waals surface area (Å²) in [5, 5.41) is 0. The van der Waals surface area contributed by atoms with Crippen molar-refractivity contribution in [1.82, 2.24) is 4.90 Å². The Morgan fingerprint density at radius 1 is 1.16 bits per heavy atom. The second kappa shape index (κ2) is 6.16. The SMILES string of the molecule is CC(C)C1CCN=C(C(F)(F)F)C=C1[C@]12C3[C@H](N4CCC5(CC4)CS(=O)(=O)C5)C[C@@H]1[C@H]32. The molecule has 0 amide bonds. The number of rotatable bonds is 3. The number of hydrogen-bond donors (Lipinski definition) is 0. The van der Waals surface area contributed by atoms with Gasteiger partial charge in [0.2, 0.25) is 0 Å². The number of likely N-dealkylation sites (tertiary alicyclic amines) is 1. The average molecular weight is 457 g/mol. The number of nitrogens with zero attached hydrogens (tertiary/aromatic N) is 2. The maximum Gasteiger partial charge on any atom is 0.432 e. The van der Waals surface area contributed by atoms with Crippen LogP contribution in [0.15, 0.2) is 16.6 Å².